The number of likely N-dealkylation sites (N-methyl/N-ethyl adjacent to an activating group) is 1. The van der Waals surface area contributed by atoms with Gasteiger partial charge in [-0.2, -0.15) is 4.98 Å². The first-order valence-electron chi connectivity index (χ1n) is 5.60. The van der Waals surface area contributed by atoms with Crippen LogP contribution in [0.2, 0.25) is 0 Å². The number of oxazole rings is 1. The lowest BCUT2D eigenvalue weighted by molar-refractivity contribution is -0.121. The van der Waals surface area contributed by atoms with Crippen LogP contribution in [0.3, 0.4) is 0 Å². The van der Waals surface area contributed by atoms with Gasteiger partial charge in [-0.15, -0.1) is 0 Å². The van der Waals surface area contributed by atoms with Gasteiger partial charge in [0.15, 0.2) is 5.58 Å². The molecule has 0 aliphatic rings. The lowest BCUT2D eigenvalue weighted by atomic mass is 10.3. The Bertz CT molecular complexity index is 488. The second kappa shape index (κ2) is 4.86. The lowest BCUT2D eigenvalue weighted by Crippen LogP contribution is -2.37. The van der Waals surface area contributed by atoms with Crippen molar-refractivity contribution >= 4 is 23.0 Å². The van der Waals surface area contributed by atoms with Crippen LogP contribution in [0.15, 0.2) is 28.7 Å². The zero-order valence-electron chi connectivity index (χ0n) is 9.86. The molecule has 1 aromatic heterocycles. The number of amides is 1. The van der Waals surface area contributed by atoms with Crippen molar-refractivity contribution in [2.24, 2.45) is 0 Å². The molecule has 0 aliphatic carbocycles. The van der Waals surface area contributed by atoms with Crippen LogP contribution in [0.4, 0.5) is 6.01 Å². The second-order valence-electron chi connectivity index (χ2n) is 3.75. The molecule has 1 heterocycles. The van der Waals surface area contributed by atoms with Crippen LogP contribution in [-0.2, 0) is 4.79 Å². The van der Waals surface area contributed by atoms with Gasteiger partial charge in [-0.05, 0) is 26.0 Å². The standard InChI is InChI=1S/C12H15N3O2/c1-3-13-11(16)8(2)14-12-15-9-6-4-5-7-10(9)17-12/h4-8H,3H2,1-2H3,(H,13,16)(H,14,15). The zero-order valence-corrected chi connectivity index (χ0v) is 9.86. The summed E-state index contributed by atoms with van der Waals surface area (Å²) >= 11 is 0. The smallest absolute Gasteiger partial charge is 0.296 e. The van der Waals surface area contributed by atoms with Crippen molar-refractivity contribution in [3.63, 3.8) is 0 Å². The Balaban J connectivity index is 2.10. The third kappa shape index (κ3) is 2.55. The highest BCUT2D eigenvalue weighted by molar-refractivity contribution is 5.84. The van der Waals surface area contributed by atoms with E-state index in [-0.39, 0.29) is 11.9 Å². The van der Waals surface area contributed by atoms with Gasteiger partial charge in [0.25, 0.3) is 6.01 Å². The number of nitrogens with one attached hydrogen (secondary N) is 2. The highest BCUT2D eigenvalue weighted by Crippen LogP contribution is 2.18. The number of para-hydroxylation sites is 2. The number of rotatable bonds is 4. The average Bonchev–Trinajstić information content (AvgIpc) is 2.71. The third-order valence-corrected chi connectivity index (χ3v) is 2.38. The van der Waals surface area contributed by atoms with E-state index in [0.29, 0.717) is 18.1 Å². The molecule has 1 unspecified atom stereocenters. The molecule has 1 atom stereocenters. The Labute approximate surface area is 99.2 Å². The molecule has 1 amide bonds. The summed E-state index contributed by atoms with van der Waals surface area (Å²) in [6, 6.07) is 7.46. The Morgan fingerprint density at radius 3 is 2.94 bits per heavy atom. The SMILES string of the molecule is CCNC(=O)C(C)Nc1nc2ccccc2o1. The van der Waals surface area contributed by atoms with Crippen LogP contribution in [0, 0.1) is 0 Å². The molecule has 90 valence electrons. The molecule has 2 N–H and O–H groups in total. The van der Waals surface area contributed by atoms with Gasteiger partial charge in [0, 0.05) is 6.54 Å². The Hall–Kier alpha value is -2.04. The molecular weight excluding hydrogens is 218 g/mol. The fourth-order valence-electron chi connectivity index (χ4n) is 1.51. The lowest BCUT2D eigenvalue weighted by Gasteiger charge is -2.10. The van der Waals surface area contributed by atoms with Gasteiger partial charge in [0.1, 0.15) is 11.6 Å². The number of carbonyl (C=O) groups is 1. The minimum absolute atomic E-state index is 0.0743. The normalized spacial score (nSPS) is 12.4. The molecule has 5 heteroatoms. The first-order chi connectivity index (χ1) is 8.20. The molecule has 0 saturated carbocycles. The Kier molecular flexibility index (Phi) is 3.27. The Morgan fingerprint density at radius 2 is 2.24 bits per heavy atom. The van der Waals surface area contributed by atoms with Gasteiger partial charge in [-0.1, -0.05) is 12.1 Å². The summed E-state index contributed by atoms with van der Waals surface area (Å²) in [4.78, 5) is 15.8. The van der Waals surface area contributed by atoms with Crippen LogP contribution >= 0.6 is 0 Å². The molecule has 0 bridgehead atoms. The predicted octanol–water partition coefficient (Wildman–Crippen LogP) is 1.76. The van der Waals surface area contributed by atoms with Crippen molar-refractivity contribution < 1.29 is 9.21 Å². The molecule has 0 aliphatic heterocycles. The fraction of sp³-hybridized carbons (Fsp3) is 0.333. The number of carbonyl (C=O) groups excluding carboxylic acids is 1. The molecule has 0 fully saturated rings. The van der Waals surface area contributed by atoms with E-state index in [1.165, 1.54) is 0 Å². The summed E-state index contributed by atoms with van der Waals surface area (Å²) in [6.45, 7) is 4.25. The molecule has 1 aromatic carbocycles. The van der Waals surface area contributed by atoms with E-state index in [1.54, 1.807) is 6.92 Å². The minimum atomic E-state index is -0.372. The van der Waals surface area contributed by atoms with Gasteiger partial charge in [-0.3, -0.25) is 4.79 Å². The van der Waals surface area contributed by atoms with Gasteiger partial charge < -0.3 is 15.1 Å². The minimum Gasteiger partial charge on any atom is -0.424 e. The fourth-order valence-corrected chi connectivity index (χ4v) is 1.51. The number of fused-ring (bicyclic) bond motifs is 1. The van der Waals surface area contributed by atoms with Crippen molar-refractivity contribution in [1.29, 1.82) is 0 Å². The molecule has 0 saturated heterocycles. The molecule has 0 radical (unpaired) electrons. The van der Waals surface area contributed by atoms with E-state index in [4.69, 9.17) is 4.42 Å². The topological polar surface area (TPSA) is 67.2 Å². The van der Waals surface area contributed by atoms with Crippen molar-refractivity contribution in [1.82, 2.24) is 10.3 Å². The van der Waals surface area contributed by atoms with Crippen LogP contribution in [0.5, 0.6) is 0 Å². The van der Waals surface area contributed by atoms with E-state index >= 15 is 0 Å². The van der Waals surface area contributed by atoms with Gasteiger partial charge in [0.05, 0.1) is 0 Å². The highest BCUT2D eigenvalue weighted by atomic mass is 16.4. The first kappa shape index (κ1) is 11.4. The number of aromatic nitrogens is 1. The quantitative estimate of drug-likeness (QED) is 0.844. The maximum Gasteiger partial charge on any atom is 0.296 e. The molecule has 2 aromatic rings. The highest BCUT2D eigenvalue weighted by Gasteiger charge is 2.14. The predicted molar refractivity (Wildman–Crippen MR) is 65.8 cm³/mol. The van der Waals surface area contributed by atoms with Crippen LogP contribution in [0.25, 0.3) is 11.1 Å². The van der Waals surface area contributed by atoms with E-state index in [0.717, 1.165) is 5.52 Å². The van der Waals surface area contributed by atoms with Crippen molar-refractivity contribution in [3.8, 4) is 0 Å². The summed E-state index contributed by atoms with van der Waals surface area (Å²) in [7, 11) is 0. The number of nitrogens with zero attached hydrogens (tertiary/aromatic N) is 1. The van der Waals surface area contributed by atoms with Gasteiger partial charge >= 0.3 is 0 Å². The number of anilines is 1. The average molecular weight is 233 g/mol. The van der Waals surface area contributed by atoms with Crippen LogP contribution in [-0.4, -0.2) is 23.5 Å². The third-order valence-electron chi connectivity index (χ3n) is 2.38. The molecule has 17 heavy (non-hydrogen) atoms. The van der Waals surface area contributed by atoms with Crippen molar-refractivity contribution in [2.45, 2.75) is 19.9 Å². The molecule has 5 nitrogen and oxygen atoms in total. The second-order valence-corrected chi connectivity index (χ2v) is 3.75. The van der Waals surface area contributed by atoms with Crippen LogP contribution in [0.1, 0.15) is 13.8 Å². The van der Waals surface area contributed by atoms with Gasteiger partial charge in [0.2, 0.25) is 5.91 Å². The zero-order chi connectivity index (χ0) is 12.3. The van der Waals surface area contributed by atoms with Gasteiger partial charge in [-0.25, -0.2) is 0 Å². The maximum absolute atomic E-state index is 11.5. The summed E-state index contributed by atoms with van der Waals surface area (Å²) in [6.07, 6.45) is 0. The molecular formula is C12H15N3O2. The van der Waals surface area contributed by atoms with E-state index < -0.39 is 0 Å². The summed E-state index contributed by atoms with van der Waals surface area (Å²) in [5, 5.41) is 5.65. The van der Waals surface area contributed by atoms with Crippen molar-refractivity contribution in [2.75, 3.05) is 11.9 Å². The molecule has 0 spiro atoms. The van der Waals surface area contributed by atoms with E-state index in [1.807, 2.05) is 31.2 Å². The summed E-state index contributed by atoms with van der Waals surface area (Å²) < 4.78 is 5.46. The van der Waals surface area contributed by atoms with E-state index in [9.17, 15) is 4.79 Å². The molecule has 2 rings (SSSR count). The number of hydrogen-bond donors (Lipinski definition) is 2. The Morgan fingerprint density at radius 1 is 1.47 bits per heavy atom. The summed E-state index contributed by atoms with van der Waals surface area (Å²) in [5.74, 6) is -0.0743. The van der Waals surface area contributed by atoms with Crippen molar-refractivity contribution in [3.05, 3.63) is 24.3 Å². The number of hydrogen-bond acceptors (Lipinski definition) is 4. The maximum atomic E-state index is 11.5. The summed E-state index contributed by atoms with van der Waals surface area (Å²) in [5.41, 5.74) is 1.48. The largest absolute Gasteiger partial charge is 0.424 e. The number of benzene rings is 1. The monoisotopic (exact) mass is 233 g/mol. The van der Waals surface area contributed by atoms with E-state index in [2.05, 4.69) is 15.6 Å². The first-order valence-corrected chi connectivity index (χ1v) is 5.60. The van der Waals surface area contributed by atoms with Crippen LogP contribution < -0.4 is 10.6 Å².